The summed E-state index contributed by atoms with van der Waals surface area (Å²) in [5, 5.41) is 3.80. The molecule has 6 nitrogen and oxygen atoms in total. The second-order valence-corrected chi connectivity index (χ2v) is 6.40. The van der Waals surface area contributed by atoms with Crippen molar-refractivity contribution in [1.29, 1.82) is 0 Å². The number of anilines is 3. The fraction of sp³-hybridized carbons (Fsp3) is 0.474. The van der Waals surface area contributed by atoms with Gasteiger partial charge in [0.1, 0.15) is 17.3 Å². The van der Waals surface area contributed by atoms with E-state index < -0.39 is 0 Å². The molecule has 142 valence electrons. The summed E-state index contributed by atoms with van der Waals surface area (Å²) in [5.74, 6) is 2.62. The Kier molecular flexibility index (Phi) is 7.33. The van der Waals surface area contributed by atoms with Crippen molar-refractivity contribution in [2.45, 2.75) is 33.6 Å². The standard InChI is InChI=1S/C19H27ClN4O2/c1-6-8-24(9-7-2)19-21-13(3)10-18(23-19)22-15-12-16(25-4)14(20)11-17(15)26-5/h10-12H,6-9H2,1-5H3,(H,21,22,23). The Labute approximate surface area is 160 Å². The molecule has 0 unspecified atom stereocenters. The third kappa shape index (κ3) is 4.91. The van der Waals surface area contributed by atoms with Crippen LogP contribution in [-0.2, 0) is 0 Å². The third-order valence-corrected chi connectivity index (χ3v) is 4.14. The van der Waals surface area contributed by atoms with Gasteiger partial charge in [-0.1, -0.05) is 25.4 Å². The van der Waals surface area contributed by atoms with Crippen LogP contribution in [0.3, 0.4) is 0 Å². The van der Waals surface area contributed by atoms with Gasteiger partial charge in [0.2, 0.25) is 5.95 Å². The smallest absolute Gasteiger partial charge is 0.227 e. The van der Waals surface area contributed by atoms with E-state index in [1.165, 1.54) is 0 Å². The normalized spacial score (nSPS) is 10.5. The Bertz CT molecular complexity index is 734. The first-order valence-electron chi connectivity index (χ1n) is 8.81. The van der Waals surface area contributed by atoms with Crippen LogP contribution in [0, 0.1) is 6.92 Å². The first-order chi connectivity index (χ1) is 12.5. The van der Waals surface area contributed by atoms with Crippen LogP contribution in [0.5, 0.6) is 11.5 Å². The number of nitrogens with one attached hydrogen (secondary N) is 1. The Morgan fingerprint density at radius 1 is 1.00 bits per heavy atom. The zero-order chi connectivity index (χ0) is 19.1. The molecule has 2 aromatic rings. The van der Waals surface area contributed by atoms with Crippen LogP contribution in [0.2, 0.25) is 5.02 Å². The number of aromatic nitrogens is 2. The lowest BCUT2D eigenvalue weighted by Crippen LogP contribution is -2.27. The molecule has 0 fully saturated rings. The van der Waals surface area contributed by atoms with Crippen LogP contribution in [0.1, 0.15) is 32.4 Å². The second kappa shape index (κ2) is 9.48. The number of benzene rings is 1. The molecule has 2 rings (SSSR count). The van der Waals surface area contributed by atoms with Gasteiger partial charge in [0.25, 0.3) is 0 Å². The molecule has 1 heterocycles. The molecule has 0 amide bonds. The van der Waals surface area contributed by atoms with Crippen molar-refractivity contribution < 1.29 is 9.47 Å². The molecule has 0 aliphatic heterocycles. The van der Waals surface area contributed by atoms with Gasteiger partial charge in [0.05, 0.1) is 24.9 Å². The molecule has 0 saturated heterocycles. The number of hydrogen-bond donors (Lipinski definition) is 1. The van der Waals surface area contributed by atoms with Gasteiger partial charge < -0.3 is 19.7 Å². The molecule has 7 heteroatoms. The Hall–Kier alpha value is -2.21. The minimum Gasteiger partial charge on any atom is -0.495 e. The molecule has 0 aliphatic rings. The van der Waals surface area contributed by atoms with Crippen LogP contribution in [0.15, 0.2) is 18.2 Å². The average molecular weight is 379 g/mol. The molecule has 0 atom stereocenters. The quantitative estimate of drug-likeness (QED) is 0.674. The molecule has 0 bridgehead atoms. The largest absolute Gasteiger partial charge is 0.495 e. The molecule has 0 saturated carbocycles. The first kappa shape index (κ1) is 20.1. The number of aryl methyl sites for hydroxylation is 1. The fourth-order valence-corrected chi connectivity index (χ4v) is 2.94. The topological polar surface area (TPSA) is 59.5 Å². The minimum absolute atomic E-state index is 0.492. The van der Waals surface area contributed by atoms with E-state index in [2.05, 4.69) is 29.0 Å². The van der Waals surface area contributed by atoms with E-state index in [1.807, 2.05) is 13.0 Å². The Morgan fingerprint density at radius 3 is 2.23 bits per heavy atom. The number of methoxy groups -OCH3 is 2. The van der Waals surface area contributed by atoms with Crippen LogP contribution >= 0.6 is 11.6 Å². The molecular formula is C19H27ClN4O2. The lowest BCUT2D eigenvalue weighted by atomic mass is 10.2. The lowest BCUT2D eigenvalue weighted by Gasteiger charge is -2.22. The number of ether oxygens (including phenoxy) is 2. The Morgan fingerprint density at radius 2 is 1.65 bits per heavy atom. The van der Waals surface area contributed by atoms with E-state index in [-0.39, 0.29) is 0 Å². The van der Waals surface area contributed by atoms with Gasteiger partial charge in [-0.05, 0) is 19.8 Å². The van der Waals surface area contributed by atoms with Gasteiger partial charge in [0, 0.05) is 37.0 Å². The molecular weight excluding hydrogens is 352 g/mol. The van der Waals surface area contributed by atoms with E-state index in [0.29, 0.717) is 22.3 Å². The van der Waals surface area contributed by atoms with Crippen molar-refractivity contribution in [2.24, 2.45) is 0 Å². The third-order valence-electron chi connectivity index (χ3n) is 3.85. The highest BCUT2D eigenvalue weighted by Gasteiger charge is 2.14. The average Bonchev–Trinajstić information content (AvgIpc) is 2.62. The predicted octanol–water partition coefficient (Wildman–Crippen LogP) is 4.83. The van der Waals surface area contributed by atoms with Crippen molar-refractivity contribution in [3.05, 3.63) is 28.9 Å². The monoisotopic (exact) mass is 378 g/mol. The van der Waals surface area contributed by atoms with E-state index in [0.717, 1.165) is 43.3 Å². The maximum atomic E-state index is 6.18. The minimum atomic E-state index is 0.492. The summed E-state index contributed by atoms with van der Waals surface area (Å²) < 4.78 is 10.7. The number of halogens is 1. The SMILES string of the molecule is CCCN(CCC)c1nc(C)cc(Nc2cc(OC)c(Cl)cc2OC)n1. The first-order valence-corrected chi connectivity index (χ1v) is 9.19. The van der Waals surface area contributed by atoms with Crippen LogP contribution in [0.25, 0.3) is 0 Å². The zero-order valence-corrected chi connectivity index (χ0v) is 16.9. The fourth-order valence-electron chi connectivity index (χ4n) is 2.71. The van der Waals surface area contributed by atoms with Gasteiger partial charge in [0.15, 0.2) is 0 Å². The molecule has 1 aromatic carbocycles. The van der Waals surface area contributed by atoms with E-state index in [9.17, 15) is 0 Å². The summed E-state index contributed by atoms with van der Waals surface area (Å²) in [5.41, 5.74) is 1.63. The van der Waals surface area contributed by atoms with Gasteiger partial charge >= 0.3 is 0 Å². The number of hydrogen-bond acceptors (Lipinski definition) is 6. The molecule has 1 N–H and O–H groups in total. The van der Waals surface area contributed by atoms with Crippen LogP contribution < -0.4 is 19.7 Å². The lowest BCUT2D eigenvalue weighted by molar-refractivity contribution is 0.405. The van der Waals surface area contributed by atoms with Gasteiger partial charge in [-0.3, -0.25) is 0 Å². The summed E-state index contributed by atoms with van der Waals surface area (Å²) in [4.78, 5) is 11.5. The highest BCUT2D eigenvalue weighted by molar-refractivity contribution is 6.32. The maximum Gasteiger partial charge on any atom is 0.227 e. The highest BCUT2D eigenvalue weighted by Crippen LogP contribution is 2.37. The summed E-state index contributed by atoms with van der Waals surface area (Å²) in [7, 11) is 3.18. The number of nitrogens with zero attached hydrogens (tertiary/aromatic N) is 3. The van der Waals surface area contributed by atoms with Crippen molar-refractivity contribution in [1.82, 2.24) is 9.97 Å². The van der Waals surface area contributed by atoms with Crippen LogP contribution in [-0.4, -0.2) is 37.3 Å². The second-order valence-electron chi connectivity index (χ2n) is 5.99. The van der Waals surface area contributed by atoms with Gasteiger partial charge in [-0.2, -0.15) is 4.98 Å². The van der Waals surface area contributed by atoms with Crippen molar-refractivity contribution in [2.75, 3.05) is 37.5 Å². The predicted molar refractivity (Wildman–Crippen MR) is 107 cm³/mol. The van der Waals surface area contributed by atoms with Crippen molar-refractivity contribution in [3.8, 4) is 11.5 Å². The van der Waals surface area contributed by atoms with E-state index in [4.69, 9.17) is 26.1 Å². The van der Waals surface area contributed by atoms with Crippen molar-refractivity contribution >= 4 is 29.1 Å². The zero-order valence-electron chi connectivity index (χ0n) is 16.1. The molecule has 0 aliphatic carbocycles. The van der Waals surface area contributed by atoms with Crippen LogP contribution in [0.4, 0.5) is 17.5 Å². The summed E-state index contributed by atoms with van der Waals surface area (Å²) >= 11 is 6.18. The van der Waals surface area contributed by atoms with Gasteiger partial charge in [-0.25, -0.2) is 4.98 Å². The maximum absolute atomic E-state index is 6.18. The summed E-state index contributed by atoms with van der Waals surface area (Å²) in [6.45, 7) is 8.13. The van der Waals surface area contributed by atoms with Crippen molar-refractivity contribution in [3.63, 3.8) is 0 Å². The molecule has 0 radical (unpaired) electrons. The molecule has 1 aromatic heterocycles. The highest BCUT2D eigenvalue weighted by atomic mass is 35.5. The van der Waals surface area contributed by atoms with E-state index >= 15 is 0 Å². The molecule has 26 heavy (non-hydrogen) atoms. The summed E-state index contributed by atoms with van der Waals surface area (Å²) in [6.07, 6.45) is 2.09. The number of rotatable bonds is 9. The van der Waals surface area contributed by atoms with Gasteiger partial charge in [-0.15, -0.1) is 0 Å². The summed E-state index contributed by atoms with van der Waals surface area (Å²) in [6, 6.07) is 5.42. The Balaban J connectivity index is 2.38. The van der Waals surface area contributed by atoms with E-state index in [1.54, 1.807) is 26.4 Å². The molecule has 0 spiro atoms.